The lowest BCUT2D eigenvalue weighted by Gasteiger charge is -2.03. The van der Waals surface area contributed by atoms with Crippen LogP contribution < -0.4 is 5.73 Å². The van der Waals surface area contributed by atoms with Gasteiger partial charge in [-0.3, -0.25) is 4.79 Å². The third-order valence-corrected chi connectivity index (χ3v) is 4.78. The van der Waals surface area contributed by atoms with Crippen LogP contribution in [0.4, 0.5) is 0 Å². The number of fused-ring (bicyclic) bond motifs is 1. The number of aromatic nitrogens is 5. The number of hydrogen-bond acceptors (Lipinski definition) is 7. The molecule has 0 saturated heterocycles. The topological polar surface area (TPSA) is 113 Å². The van der Waals surface area contributed by atoms with Gasteiger partial charge in [-0.15, -0.1) is 11.3 Å². The van der Waals surface area contributed by atoms with Crippen LogP contribution in [0.2, 0.25) is 0 Å². The van der Waals surface area contributed by atoms with E-state index in [1.807, 2.05) is 38.1 Å². The molecule has 0 radical (unpaired) electrons. The van der Waals surface area contributed by atoms with E-state index in [9.17, 15) is 4.79 Å². The molecule has 1 aromatic carbocycles. The van der Waals surface area contributed by atoms with Crippen molar-refractivity contribution in [1.29, 1.82) is 0 Å². The second-order valence-corrected chi connectivity index (χ2v) is 7.06. The maximum Gasteiger partial charge on any atom is 0.225 e. The fourth-order valence-corrected chi connectivity index (χ4v) is 3.54. The molecule has 3 heterocycles. The summed E-state index contributed by atoms with van der Waals surface area (Å²) < 4.78 is 8.00. The van der Waals surface area contributed by atoms with Gasteiger partial charge in [-0.2, -0.15) is 5.10 Å². The fourth-order valence-electron chi connectivity index (χ4n) is 2.68. The molecule has 0 aliphatic carbocycles. The lowest BCUT2D eigenvalue weighted by molar-refractivity contribution is -0.117. The van der Waals surface area contributed by atoms with Crippen molar-refractivity contribution in [3.8, 4) is 17.2 Å². The van der Waals surface area contributed by atoms with E-state index in [0.717, 1.165) is 33.1 Å². The number of nitrogens with zero attached hydrogens (tertiary/aromatic N) is 5. The smallest absolute Gasteiger partial charge is 0.225 e. The second kappa shape index (κ2) is 6.34. The molecule has 2 N–H and O–H groups in total. The van der Waals surface area contributed by atoms with E-state index in [1.54, 1.807) is 16.0 Å². The second-order valence-electron chi connectivity index (χ2n) is 5.82. The number of carbonyl (C=O) groups is 1. The Morgan fingerprint density at radius 3 is 2.88 bits per heavy atom. The number of amides is 1. The highest BCUT2D eigenvalue weighted by atomic mass is 32.1. The van der Waals surface area contributed by atoms with Crippen LogP contribution in [-0.4, -0.2) is 30.8 Å². The quantitative estimate of drug-likeness (QED) is 0.579. The normalized spacial score (nSPS) is 11.3. The zero-order chi connectivity index (χ0) is 18.3. The average Bonchev–Trinajstić information content (AvgIpc) is 3.29. The SMILES string of the molecule is CCc1cc(-c2nc(CC(N)=O)nn2-c2ccc3nc(C)sc3c2)no1. The zero-order valence-corrected chi connectivity index (χ0v) is 15.1. The fraction of sp³-hybridized carbons (Fsp3) is 0.235. The number of thiazole rings is 1. The van der Waals surface area contributed by atoms with Gasteiger partial charge in [-0.1, -0.05) is 12.1 Å². The molecule has 26 heavy (non-hydrogen) atoms. The van der Waals surface area contributed by atoms with Gasteiger partial charge in [0.2, 0.25) is 5.91 Å². The summed E-state index contributed by atoms with van der Waals surface area (Å²) >= 11 is 1.61. The molecule has 0 atom stereocenters. The standard InChI is InChI=1S/C17H16N6O2S/c1-3-11-7-13(22-25-11)17-20-16(8-15(18)24)21-23(17)10-4-5-12-14(6-10)26-9(2)19-12/h4-7H,3,8H2,1-2H3,(H2,18,24). The molecule has 0 aliphatic heterocycles. The van der Waals surface area contributed by atoms with Gasteiger partial charge in [0.15, 0.2) is 17.3 Å². The van der Waals surface area contributed by atoms with Crippen LogP contribution in [0.1, 0.15) is 23.5 Å². The molecule has 132 valence electrons. The molecule has 3 aromatic heterocycles. The number of aryl methyl sites for hydroxylation is 2. The van der Waals surface area contributed by atoms with Gasteiger partial charge in [0, 0.05) is 12.5 Å². The number of primary amides is 1. The van der Waals surface area contributed by atoms with E-state index in [2.05, 4.69) is 20.2 Å². The van der Waals surface area contributed by atoms with E-state index >= 15 is 0 Å². The Balaban J connectivity index is 1.86. The van der Waals surface area contributed by atoms with Crippen molar-refractivity contribution >= 4 is 27.5 Å². The number of carbonyl (C=O) groups excluding carboxylic acids is 1. The largest absolute Gasteiger partial charge is 0.369 e. The van der Waals surface area contributed by atoms with Crippen LogP contribution in [0, 0.1) is 6.92 Å². The molecule has 0 fully saturated rings. The van der Waals surface area contributed by atoms with Crippen LogP contribution in [-0.2, 0) is 17.6 Å². The Bertz CT molecular complexity index is 1110. The first kappa shape index (κ1) is 16.4. The van der Waals surface area contributed by atoms with Crippen molar-refractivity contribution in [2.24, 2.45) is 5.73 Å². The molecular weight excluding hydrogens is 352 g/mol. The van der Waals surface area contributed by atoms with Crippen LogP contribution in [0.5, 0.6) is 0 Å². The minimum atomic E-state index is -0.489. The predicted molar refractivity (Wildman–Crippen MR) is 97.0 cm³/mol. The monoisotopic (exact) mass is 368 g/mol. The van der Waals surface area contributed by atoms with E-state index < -0.39 is 5.91 Å². The summed E-state index contributed by atoms with van der Waals surface area (Å²) in [4.78, 5) is 20.2. The molecule has 0 saturated carbocycles. The molecule has 1 amide bonds. The maximum absolute atomic E-state index is 11.3. The van der Waals surface area contributed by atoms with Gasteiger partial charge >= 0.3 is 0 Å². The molecule has 0 bridgehead atoms. The van der Waals surface area contributed by atoms with Gasteiger partial charge in [0.05, 0.1) is 27.3 Å². The minimum Gasteiger partial charge on any atom is -0.369 e. The highest BCUT2D eigenvalue weighted by molar-refractivity contribution is 7.18. The van der Waals surface area contributed by atoms with Crippen molar-refractivity contribution in [2.75, 3.05) is 0 Å². The van der Waals surface area contributed by atoms with Crippen molar-refractivity contribution in [3.05, 3.63) is 40.9 Å². The van der Waals surface area contributed by atoms with Crippen molar-refractivity contribution in [2.45, 2.75) is 26.7 Å². The zero-order valence-electron chi connectivity index (χ0n) is 14.3. The van der Waals surface area contributed by atoms with Gasteiger partial charge in [0.25, 0.3) is 0 Å². The average molecular weight is 368 g/mol. The Labute approximate surface area is 152 Å². The highest BCUT2D eigenvalue weighted by Gasteiger charge is 2.19. The van der Waals surface area contributed by atoms with Crippen molar-refractivity contribution < 1.29 is 9.32 Å². The van der Waals surface area contributed by atoms with Crippen LogP contribution in [0.25, 0.3) is 27.4 Å². The summed E-state index contributed by atoms with van der Waals surface area (Å²) in [5.74, 6) is 1.11. The maximum atomic E-state index is 11.3. The van der Waals surface area contributed by atoms with E-state index in [1.165, 1.54) is 0 Å². The van der Waals surface area contributed by atoms with E-state index in [4.69, 9.17) is 10.3 Å². The summed E-state index contributed by atoms with van der Waals surface area (Å²) in [6.45, 7) is 3.95. The Kier molecular flexibility index (Phi) is 4.00. The predicted octanol–water partition coefficient (Wildman–Crippen LogP) is 2.43. The summed E-state index contributed by atoms with van der Waals surface area (Å²) in [5.41, 5.74) is 7.60. The first-order valence-electron chi connectivity index (χ1n) is 8.11. The highest BCUT2D eigenvalue weighted by Crippen LogP contribution is 2.27. The van der Waals surface area contributed by atoms with E-state index in [0.29, 0.717) is 17.3 Å². The third-order valence-electron chi connectivity index (χ3n) is 3.84. The number of hydrogen-bond donors (Lipinski definition) is 1. The first-order chi connectivity index (χ1) is 12.5. The number of nitrogens with two attached hydrogens (primary N) is 1. The minimum absolute atomic E-state index is 0.0413. The van der Waals surface area contributed by atoms with Crippen LogP contribution >= 0.6 is 11.3 Å². The summed E-state index contributed by atoms with van der Waals surface area (Å²) in [5, 5.41) is 9.53. The molecule has 4 rings (SSSR count). The van der Waals surface area contributed by atoms with Gasteiger partial charge in [-0.05, 0) is 25.1 Å². The van der Waals surface area contributed by atoms with Crippen LogP contribution in [0.15, 0.2) is 28.8 Å². The summed E-state index contributed by atoms with van der Waals surface area (Å²) in [6, 6.07) is 7.67. The van der Waals surface area contributed by atoms with Gasteiger partial charge in [-0.25, -0.2) is 14.6 Å². The van der Waals surface area contributed by atoms with Crippen molar-refractivity contribution in [3.63, 3.8) is 0 Å². The van der Waals surface area contributed by atoms with E-state index in [-0.39, 0.29) is 6.42 Å². The van der Waals surface area contributed by atoms with Crippen molar-refractivity contribution in [1.82, 2.24) is 24.9 Å². The Hall–Kier alpha value is -3.07. The summed E-state index contributed by atoms with van der Waals surface area (Å²) in [6.07, 6.45) is 0.682. The lowest BCUT2D eigenvalue weighted by Crippen LogP contribution is -2.14. The molecule has 0 spiro atoms. The molecule has 4 aromatic rings. The van der Waals surface area contributed by atoms with Crippen LogP contribution in [0.3, 0.4) is 0 Å². The molecule has 9 heteroatoms. The molecular formula is C17H16N6O2S. The Morgan fingerprint density at radius 2 is 2.15 bits per heavy atom. The Morgan fingerprint density at radius 1 is 1.31 bits per heavy atom. The van der Waals surface area contributed by atoms with Gasteiger partial charge < -0.3 is 10.3 Å². The van der Waals surface area contributed by atoms with Gasteiger partial charge in [0.1, 0.15) is 5.76 Å². The summed E-state index contributed by atoms with van der Waals surface area (Å²) in [7, 11) is 0. The third kappa shape index (κ3) is 2.97. The lowest BCUT2D eigenvalue weighted by atomic mass is 10.2. The first-order valence-corrected chi connectivity index (χ1v) is 8.93. The molecule has 0 aliphatic rings. The number of benzene rings is 1. The molecule has 0 unspecified atom stereocenters. The number of rotatable bonds is 5. The molecule has 8 nitrogen and oxygen atoms in total.